The van der Waals surface area contributed by atoms with Gasteiger partial charge >= 0.3 is 65.7 Å². The SMILES string of the molecule is CC(=C1C(=O)NC(=O)NC1=O)c1ccc(N(C)C)cc1.CCn1c2ccccc2c2cc(C=C3C(=O)NC(=O)NC3=O)ccc21.O=C1CC(=O)/C(=C2\C/C(=C3\C(=O)CC(=O)NC3=O)c3cc(S(=O)(=O)[O-])ccc32)C(=O)N1.O=C1NC(=O)C(=Cc2cccc(C=C3C(=O)NC(=O)NC3=O)n2)C(=O)N1.O=C1NC(=O)C(=Cc2cccnc2)C(=O)N1.O=C1NC(=O)C(Cc2ccncc2)(Cc2ccncc2)C(=O)N1.[Na+]. The number of barbiturate groups is 6. The Kier molecular flexibility index (Phi) is 31.5. The molecule has 8 saturated heterocycles. The predicted octanol–water partition coefficient (Wildman–Crippen LogP) is -1.78. The van der Waals surface area contributed by atoms with Crippen LogP contribution in [0.2, 0.25) is 0 Å². The normalized spacial score (nSPS) is 17.6. The third-order valence-corrected chi connectivity index (χ3v) is 22.4. The maximum Gasteiger partial charge on any atom is 1.00 e. The van der Waals surface area contributed by atoms with Crippen LogP contribution in [0.3, 0.4) is 0 Å². The van der Waals surface area contributed by atoms with Gasteiger partial charge in [0, 0.05) is 91.7 Å². The summed E-state index contributed by atoms with van der Waals surface area (Å²) in [7, 11) is -1.06. The van der Waals surface area contributed by atoms with Gasteiger partial charge in [-0.15, -0.1) is 0 Å². The summed E-state index contributed by atoms with van der Waals surface area (Å²) in [5, 5.41) is 30.5. The van der Waals surface area contributed by atoms with Crippen LogP contribution in [0.1, 0.15) is 83.4 Å². The van der Waals surface area contributed by atoms with Gasteiger partial charge in [0.1, 0.15) is 43.4 Å². The molecule has 13 heterocycles. The zero-order chi connectivity index (χ0) is 102. The van der Waals surface area contributed by atoms with Crippen molar-refractivity contribution in [3.63, 3.8) is 0 Å². The van der Waals surface area contributed by atoms with Gasteiger partial charge in [-0.3, -0.25) is 176 Å². The number of ketones is 2. The number of carbonyl (C=O) groups is 24. The number of aryl methyl sites for hydroxylation is 1. The molecule has 8 fully saturated rings. The van der Waals surface area contributed by atoms with Crippen LogP contribution in [0.5, 0.6) is 0 Å². The number of rotatable bonds is 12. The number of fused-ring (bicyclic) bond motifs is 4. The van der Waals surface area contributed by atoms with E-state index in [9.17, 15) is 128 Å². The van der Waals surface area contributed by atoms with Gasteiger partial charge in [0.15, 0.2) is 11.6 Å². The zero-order valence-electron chi connectivity index (χ0n) is 74.4. The number of carbonyl (C=O) groups excluding carboxylic acids is 24. The van der Waals surface area contributed by atoms with Gasteiger partial charge in [0.05, 0.1) is 40.3 Å². The number of hydrogen-bond donors (Lipinski definition) is 14. The van der Waals surface area contributed by atoms with Crippen molar-refractivity contribution in [2.75, 3.05) is 19.0 Å². The second-order valence-corrected chi connectivity index (χ2v) is 32.4. The molecule has 5 aromatic heterocycles. The molecule has 9 aromatic rings. The van der Waals surface area contributed by atoms with E-state index >= 15 is 0 Å². The van der Waals surface area contributed by atoms with Gasteiger partial charge in [-0.05, 0) is 192 Å². The first-order valence-corrected chi connectivity index (χ1v) is 42.8. The number of para-hydroxylation sites is 1. The summed E-state index contributed by atoms with van der Waals surface area (Å²) >= 11 is 0. The molecule has 8 aliphatic heterocycles. The number of anilines is 1. The van der Waals surface area contributed by atoms with Crippen LogP contribution < -0.4 is 109 Å². The maximum atomic E-state index is 12.5. The summed E-state index contributed by atoms with van der Waals surface area (Å²) in [6.07, 6.45) is 13.4. The van der Waals surface area contributed by atoms with E-state index in [1.807, 2.05) is 116 Å². The van der Waals surface area contributed by atoms with E-state index in [2.05, 4.69) is 75.5 Å². The summed E-state index contributed by atoms with van der Waals surface area (Å²) < 4.78 is 36.7. The largest absolute Gasteiger partial charge is 1.00 e. The first-order valence-electron chi connectivity index (χ1n) is 41.4. The molecular weight excluding hydrogens is 1880 g/mol. The van der Waals surface area contributed by atoms with Crippen molar-refractivity contribution in [2.45, 2.75) is 57.4 Å². The van der Waals surface area contributed by atoms with Crippen molar-refractivity contribution >= 4 is 221 Å². The number of imide groups is 14. The van der Waals surface area contributed by atoms with Crippen molar-refractivity contribution in [2.24, 2.45) is 5.41 Å². The van der Waals surface area contributed by atoms with Crippen molar-refractivity contribution in [3.05, 3.63) is 266 Å². The first-order chi connectivity index (χ1) is 67.0. The molecule has 0 atom stereocenters. The second-order valence-electron chi connectivity index (χ2n) is 31.1. The molecule has 142 heavy (non-hydrogen) atoms. The second kappa shape index (κ2) is 43.6. The van der Waals surface area contributed by atoms with Gasteiger partial charge in [-0.1, -0.05) is 54.6 Å². The number of urea groups is 6. The van der Waals surface area contributed by atoms with Crippen LogP contribution in [-0.4, -0.2) is 194 Å². The number of nitrogens with one attached hydrogen (secondary N) is 14. The smallest absolute Gasteiger partial charge is 0.744 e. The Morgan fingerprint density at radius 3 is 1.24 bits per heavy atom. The van der Waals surface area contributed by atoms with Gasteiger partial charge in [-0.25, -0.2) is 42.2 Å². The molecule has 18 rings (SSSR count). The Labute approximate surface area is 820 Å². The molecule has 0 unspecified atom stereocenters. The maximum absolute atomic E-state index is 12.5. The molecule has 49 heteroatoms. The summed E-state index contributed by atoms with van der Waals surface area (Å²) in [6.45, 7) is 4.61. The molecule has 4 aromatic carbocycles. The quantitative estimate of drug-likeness (QED) is 0.0161. The average molecular weight is 1960 g/mol. The molecule has 0 saturated carbocycles. The van der Waals surface area contributed by atoms with Crippen molar-refractivity contribution in [1.82, 2.24) is 98.9 Å². The van der Waals surface area contributed by atoms with Gasteiger partial charge in [0.2, 0.25) is 23.6 Å². The molecule has 9 aliphatic rings. The van der Waals surface area contributed by atoms with Crippen LogP contribution in [0.25, 0.3) is 62.8 Å². The Morgan fingerprint density at radius 2 is 0.817 bits per heavy atom. The Bertz CT molecular complexity index is 7180. The number of Topliss-reactive ketones (excluding diaryl/α,β-unsaturated/α-hetero) is 2. The van der Waals surface area contributed by atoms with E-state index in [1.54, 1.807) is 74.3 Å². The number of allylic oxidation sites excluding steroid dienone is 3. The van der Waals surface area contributed by atoms with E-state index < -0.39 is 181 Å². The molecular formula is C93H71N20NaO27S. The van der Waals surface area contributed by atoms with E-state index in [4.69, 9.17) is 0 Å². The Morgan fingerprint density at radius 1 is 0.401 bits per heavy atom. The zero-order valence-corrected chi connectivity index (χ0v) is 77.2. The fourth-order valence-corrected chi connectivity index (χ4v) is 15.6. The molecule has 1 aliphatic carbocycles. The van der Waals surface area contributed by atoms with Crippen LogP contribution in [-0.2, 0) is 116 Å². The predicted molar refractivity (Wildman–Crippen MR) is 486 cm³/mol. The van der Waals surface area contributed by atoms with Gasteiger partial charge in [-0.2, -0.15) is 0 Å². The van der Waals surface area contributed by atoms with E-state index in [0.29, 0.717) is 11.1 Å². The molecule has 47 nitrogen and oxygen atoms in total. The number of pyridine rings is 4. The molecule has 0 radical (unpaired) electrons. The van der Waals surface area contributed by atoms with Gasteiger partial charge < -0.3 is 14.0 Å². The molecule has 0 spiro atoms. The molecule has 14 N–H and O–H groups in total. The number of piperidine rings is 2. The number of nitrogens with zero attached hydrogens (tertiary/aromatic N) is 6. The van der Waals surface area contributed by atoms with Crippen molar-refractivity contribution < 1.29 is 158 Å². The third-order valence-electron chi connectivity index (χ3n) is 21.6. The van der Waals surface area contributed by atoms with E-state index in [-0.39, 0.29) is 116 Å². The number of hydrogen-bond acceptors (Lipinski definition) is 32. The first kappa shape index (κ1) is 102. The monoisotopic (exact) mass is 1950 g/mol. The third kappa shape index (κ3) is 23.7. The van der Waals surface area contributed by atoms with E-state index in [0.717, 1.165) is 80.6 Å². The minimum atomic E-state index is -4.90. The summed E-state index contributed by atoms with van der Waals surface area (Å²) in [6, 6.07) is 34.2. The van der Waals surface area contributed by atoms with E-state index in [1.165, 1.54) is 42.6 Å². The number of benzene rings is 4. The molecule has 28 amide bonds. The number of amides is 28. The summed E-state index contributed by atoms with van der Waals surface area (Å²) in [5.74, 6) is -14.1. The van der Waals surface area contributed by atoms with Crippen LogP contribution in [0.15, 0.2) is 221 Å². The fraction of sp³-hybridized carbons (Fsp3) is 0.118. The number of aromatic nitrogens is 5. The topological polar surface area (TPSA) is 695 Å². The molecule has 0 bridgehead atoms. The average Bonchev–Trinajstić information content (AvgIpc) is 1.58. The van der Waals surface area contributed by atoms with Gasteiger partial charge in [0.25, 0.3) is 70.9 Å². The summed E-state index contributed by atoms with van der Waals surface area (Å²) in [4.78, 5) is 298. The van der Waals surface area contributed by atoms with Crippen LogP contribution >= 0.6 is 0 Å². The Hall–Kier alpha value is -18.5. The van der Waals surface area contributed by atoms with Crippen LogP contribution in [0, 0.1) is 5.41 Å². The Balaban J connectivity index is 0.000000153. The minimum Gasteiger partial charge on any atom is -0.744 e. The molecule has 712 valence electrons. The van der Waals surface area contributed by atoms with Crippen molar-refractivity contribution in [1.29, 1.82) is 0 Å². The minimum absolute atomic E-state index is 0. The van der Waals surface area contributed by atoms with Crippen LogP contribution in [0.4, 0.5) is 34.5 Å². The summed E-state index contributed by atoms with van der Waals surface area (Å²) in [5.41, 5.74) is 4.85. The van der Waals surface area contributed by atoms with Crippen molar-refractivity contribution in [3.8, 4) is 0 Å². The fourth-order valence-electron chi connectivity index (χ4n) is 15.1. The standard InChI is InChI=1S/C19H15N3O3.C19H12N2O9S.C16H14N4O3.C15H9N5O6.C14H15N3O3.C10H7N3O3.Na/c1-2-22-15-6-4-3-5-12(15)13-9-11(7-8-16(13)22)10-14-17(23)20-19(25)21-18(14)24;22-12-5-14(24)20-18(26)16(12)10-4-11(17-13(23)6-15(25)21-19(17)27)9-3-7(31(28,29)30)1-2-8(9)10;21-13-16(14(22)20-15(23)19-13,9-11-1-5-17-6-2-11)10-12-3-7-18-8-4-12;21-10-8(11(22)18-14(25)17-10)4-6-2-1-3-7(16-6)5-9-12(23)19-15(26)20-13(9)24;1-8(9-4-6-10(7-5-9)17(2)3)11-12(18)15-14(20)16-13(11)19;14-8-7(9(15)13-10(16)12-8)4-6-2-1-3-11-5-6;/h3-10H,2H2,1H3,(H2,20,21,23,24,25);1-3H,4-6H2,(H,20,24,26)(H,21,25,27)(H,28,29,30);1-8H,9-10H2,(H2,19,20,21,22,23);1-5H,(H2,17,18,21,22,25)(H2,19,20,23,24,26);4-7H,1-3H3,(H2,15,16,18,19,20);1-5H,(H2,12,13,14,15,16);/q;;;;;;+1/p-1/b;16-10-,17-11-;;;;;.